The molecule has 0 saturated heterocycles. The van der Waals surface area contributed by atoms with Crippen LogP contribution in [0.4, 0.5) is 0 Å². The fraction of sp³-hybridized carbons (Fsp3) is 0.375. The predicted octanol–water partition coefficient (Wildman–Crippen LogP) is 5.28. The van der Waals surface area contributed by atoms with Crippen molar-refractivity contribution in [3.63, 3.8) is 0 Å². The van der Waals surface area contributed by atoms with Gasteiger partial charge >= 0.3 is 0 Å². The minimum absolute atomic E-state index is 0.482. The number of nitrogens with zero attached hydrogens (tertiary/aromatic N) is 1. The molecule has 0 aliphatic carbocycles. The second-order valence-electron chi connectivity index (χ2n) is 6.62. The molecule has 2 aromatic rings. The van der Waals surface area contributed by atoms with Gasteiger partial charge in [-0.1, -0.05) is 29.4 Å². The monoisotopic (exact) mass is 397 g/mol. The first-order valence-corrected chi connectivity index (χ1v) is 9.88. The highest BCUT2D eigenvalue weighted by Gasteiger charge is 2.07. The van der Waals surface area contributed by atoms with Crippen LogP contribution in [0.1, 0.15) is 30.0 Å². The fourth-order valence-electron chi connectivity index (χ4n) is 2.88. The van der Waals surface area contributed by atoms with E-state index in [-0.39, 0.29) is 0 Å². The highest BCUT2D eigenvalue weighted by molar-refractivity contribution is 5.56. The number of oxime groups is 1. The maximum Gasteiger partial charge on any atom is 0.125 e. The number of hydrogen-bond donors (Lipinski definition) is 0. The topological polar surface area (TPSA) is 49.3 Å². The first-order valence-electron chi connectivity index (χ1n) is 9.88. The highest BCUT2D eigenvalue weighted by atomic mass is 16.6. The van der Waals surface area contributed by atoms with Crippen LogP contribution in [-0.2, 0) is 11.3 Å². The molecule has 2 aromatic carbocycles. The molecule has 0 saturated carbocycles. The molecule has 2 rings (SSSR count). The quantitative estimate of drug-likeness (QED) is 0.212. The Hall–Kier alpha value is -2.95. The summed E-state index contributed by atoms with van der Waals surface area (Å²) in [6.45, 7) is 7.58. The summed E-state index contributed by atoms with van der Waals surface area (Å²) in [4.78, 5) is 4.65. The molecule has 0 fully saturated rings. The Morgan fingerprint density at radius 3 is 2.24 bits per heavy atom. The second kappa shape index (κ2) is 12.5. The molecule has 0 radical (unpaired) electrons. The molecule has 0 amide bonds. The van der Waals surface area contributed by atoms with Gasteiger partial charge in [0.15, 0.2) is 0 Å². The molecule has 5 nitrogen and oxygen atoms in total. The summed E-state index contributed by atoms with van der Waals surface area (Å²) in [5.41, 5.74) is 3.35. The maximum atomic E-state index is 5.95. The van der Waals surface area contributed by atoms with E-state index in [1.54, 1.807) is 13.3 Å². The van der Waals surface area contributed by atoms with E-state index in [1.165, 1.54) is 5.56 Å². The van der Waals surface area contributed by atoms with Crippen LogP contribution in [0, 0.1) is 13.8 Å². The maximum absolute atomic E-state index is 5.95. The zero-order chi connectivity index (χ0) is 20.9. The van der Waals surface area contributed by atoms with Gasteiger partial charge in [0.25, 0.3) is 0 Å². The summed E-state index contributed by atoms with van der Waals surface area (Å²) in [7, 11) is 1.55. The number of allylic oxidation sites excluding steroid dienone is 1. The van der Waals surface area contributed by atoms with Gasteiger partial charge in [0.05, 0.1) is 0 Å². The van der Waals surface area contributed by atoms with Gasteiger partial charge in [-0.25, -0.2) is 0 Å². The van der Waals surface area contributed by atoms with E-state index < -0.39 is 0 Å². The van der Waals surface area contributed by atoms with E-state index in [0.717, 1.165) is 41.2 Å². The van der Waals surface area contributed by atoms with Gasteiger partial charge in [-0.05, 0) is 74.6 Å². The minimum atomic E-state index is 0.482. The highest BCUT2D eigenvalue weighted by Crippen LogP contribution is 2.28. The lowest BCUT2D eigenvalue weighted by Crippen LogP contribution is -2.10. The summed E-state index contributed by atoms with van der Waals surface area (Å²) < 4.78 is 17.5. The van der Waals surface area contributed by atoms with Crippen LogP contribution in [0.25, 0.3) is 0 Å². The molecule has 156 valence electrons. The van der Waals surface area contributed by atoms with E-state index >= 15 is 0 Å². The van der Waals surface area contributed by atoms with Crippen LogP contribution in [0.2, 0.25) is 0 Å². The molecule has 5 heteroatoms. The Morgan fingerprint density at radius 2 is 1.59 bits per heavy atom. The average molecular weight is 398 g/mol. The van der Waals surface area contributed by atoms with E-state index in [2.05, 4.69) is 22.1 Å². The van der Waals surface area contributed by atoms with E-state index in [0.29, 0.717) is 19.8 Å². The first kappa shape index (κ1) is 22.3. The third-order valence-electron chi connectivity index (χ3n) is 4.28. The summed E-state index contributed by atoms with van der Waals surface area (Å²) in [5.74, 6) is 2.58. The van der Waals surface area contributed by atoms with Crippen LogP contribution in [0.15, 0.2) is 53.7 Å². The summed E-state index contributed by atoms with van der Waals surface area (Å²) in [6, 6.07) is 12.1. The molecule has 0 aromatic heterocycles. The van der Waals surface area contributed by atoms with Crippen molar-refractivity contribution in [2.24, 2.45) is 5.16 Å². The van der Waals surface area contributed by atoms with Gasteiger partial charge in [0.1, 0.15) is 44.2 Å². The largest absolute Gasteiger partial charge is 0.490 e. The zero-order valence-electron chi connectivity index (χ0n) is 17.8. The van der Waals surface area contributed by atoms with Crippen molar-refractivity contribution >= 4 is 6.21 Å². The van der Waals surface area contributed by atoms with E-state index in [4.69, 9.17) is 14.2 Å². The SMILES string of the molecule is C/C=C/COc1cc(C)c(OCCOc2ccc(CC/C=N/OC)cc2)c(C)c1. The molecule has 29 heavy (non-hydrogen) atoms. The van der Waals surface area contributed by atoms with Gasteiger partial charge in [0, 0.05) is 6.21 Å². The second-order valence-corrected chi connectivity index (χ2v) is 6.62. The Kier molecular flexibility index (Phi) is 9.63. The molecule has 0 atom stereocenters. The molecule has 0 N–H and O–H groups in total. The van der Waals surface area contributed by atoms with Gasteiger partial charge in [-0.2, -0.15) is 0 Å². The lowest BCUT2D eigenvalue weighted by Gasteiger charge is -2.15. The number of hydrogen-bond acceptors (Lipinski definition) is 5. The molecule has 0 aliphatic heterocycles. The van der Waals surface area contributed by atoms with Crippen molar-refractivity contribution in [3.8, 4) is 17.2 Å². The Bertz CT molecular complexity index is 774. The van der Waals surface area contributed by atoms with Crippen LogP contribution in [-0.4, -0.2) is 33.1 Å². The van der Waals surface area contributed by atoms with Gasteiger partial charge < -0.3 is 19.0 Å². The molecule has 0 bridgehead atoms. The minimum Gasteiger partial charge on any atom is -0.490 e. The van der Waals surface area contributed by atoms with Crippen molar-refractivity contribution in [1.29, 1.82) is 0 Å². The summed E-state index contributed by atoms with van der Waals surface area (Å²) in [5, 5.41) is 3.74. The van der Waals surface area contributed by atoms with Crippen LogP contribution in [0.3, 0.4) is 0 Å². The standard InChI is InChI=1S/C24H31NO4/c1-5-6-14-27-23-17-19(2)24(20(3)18-23)29-16-15-28-22-11-9-21(10-12-22)8-7-13-25-26-4/h5-6,9-13,17-18H,7-8,14-16H2,1-4H3/b6-5+,25-13+. The average Bonchev–Trinajstić information content (AvgIpc) is 2.71. The summed E-state index contributed by atoms with van der Waals surface area (Å²) >= 11 is 0. The lowest BCUT2D eigenvalue weighted by molar-refractivity contribution is 0.214. The first-order chi connectivity index (χ1) is 14.1. The Balaban J connectivity index is 1.77. The van der Waals surface area contributed by atoms with Crippen LogP contribution in [0.5, 0.6) is 17.2 Å². The molecule has 0 unspecified atom stereocenters. The van der Waals surface area contributed by atoms with Gasteiger partial charge in [-0.15, -0.1) is 0 Å². The van der Waals surface area contributed by atoms with Crippen LogP contribution < -0.4 is 14.2 Å². The number of ether oxygens (including phenoxy) is 3. The Morgan fingerprint density at radius 1 is 0.897 bits per heavy atom. The van der Waals surface area contributed by atoms with Crippen molar-refractivity contribution < 1.29 is 19.0 Å². The third kappa shape index (κ3) is 7.90. The van der Waals surface area contributed by atoms with Crippen molar-refractivity contribution in [3.05, 3.63) is 65.2 Å². The summed E-state index contributed by atoms with van der Waals surface area (Å²) in [6.07, 6.45) is 7.49. The van der Waals surface area contributed by atoms with Crippen molar-refractivity contribution in [2.75, 3.05) is 26.9 Å². The smallest absolute Gasteiger partial charge is 0.125 e. The Labute approximate surface area is 173 Å². The molecular weight excluding hydrogens is 366 g/mol. The number of benzene rings is 2. The van der Waals surface area contributed by atoms with E-state index in [1.807, 2.05) is 57.2 Å². The number of aryl methyl sites for hydroxylation is 3. The van der Waals surface area contributed by atoms with Gasteiger partial charge in [-0.3, -0.25) is 0 Å². The molecule has 0 aliphatic rings. The third-order valence-corrected chi connectivity index (χ3v) is 4.28. The predicted molar refractivity (Wildman–Crippen MR) is 117 cm³/mol. The fourth-order valence-corrected chi connectivity index (χ4v) is 2.88. The molecular formula is C24H31NO4. The normalized spacial score (nSPS) is 11.2. The lowest BCUT2D eigenvalue weighted by atomic mass is 10.1. The van der Waals surface area contributed by atoms with Gasteiger partial charge in [0.2, 0.25) is 0 Å². The van der Waals surface area contributed by atoms with Crippen molar-refractivity contribution in [2.45, 2.75) is 33.6 Å². The van der Waals surface area contributed by atoms with Crippen LogP contribution >= 0.6 is 0 Å². The van der Waals surface area contributed by atoms with E-state index in [9.17, 15) is 0 Å². The molecule has 0 heterocycles. The molecule has 0 spiro atoms. The zero-order valence-corrected chi connectivity index (χ0v) is 17.8. The van der Waals surface area contributed by atoms with Crippen molar-refractivity contribution in [1.82, 2.24) is 0 Å². The number of rotatable bonds is 12.